The largest absolute Gasteiger partial charge is 0.430 e. The smallest absolute Gasteiger partial charge is 0.288 e. The van der Waals surface area contributed by atoms with Gasteiger partial charge in [0.05, 0.1) is 0 Å². The van der Waals surface area contributed by atoms with Gasteiger partial charge in [0.2, 0.25) is 0 Å². The minimum atomic E-state index is -1.14. The van der Waals surface area contributed by atoms with E-state index in [4.69, 9.17) is 10.2 Å². The number of nitrogens with two attached hydrogens (primary N) is 1. The Labute approximate surface area is 121 Å². The van der Waals surface area contributed by atoms with Crippen LogP contribution < -0.4 is 5.73 Å². The van der Waals surface area contributed by atoms with E-state index < -0.39 is 10.8 Å². The van der Waals surface area contributed by atoms with E-state index in [1.807, 2.05) is 0 Å². The molecule has 5 heteroatoms. The molecule has 1 heterocycles. The van der Waals surface area contributed by atoms with Gasteiger partial charge in [-0.05, 0) is 49.8 Å². The number of hydrogen-bond acceptors (Lipinski definition) is 4. The van der Waals surface area contributed by atoms with Crippen molar-refractivity contribution in [2.45, 2.75) is 49.5 Å². The van der Waals surface area contributed by atoms with Gasteiger partial charge in [-0.25, -0.2) is 9.19 Å². The van der Waals surface area contributed by atoms with E-state index in [2.05, 4.69) is 11.9 Å². The summed E-state index contributed by atoms with van der Waals surface area (Å²) in [6.07, 6.45) is 5.57. The second-order valence-electron chi connectivity index (χ2n) is 5.56. The summed E-state index contributed by atoms with van der Waals surface area (Å²) in [4.78, 5) is 4.34. The molecule has 2 N–H and O–H groups in total. The van der Waals surface area contributed by atoms with Crippen molar-refractivity contribution in [2.75, 3.05) is 5.73 Å². The normalized spacial score (nSPS) is 24.9. The molecule has 1 aliphatic rings. The number of nitrogen functional groups attached to an aromatic ring is 1. The van der Waals surface area contributed by atoms with Crippen molar-refractivity contribution in [1.29, 1.82) is 0 Å². The molecule has 1 fully saturated rings. The lowest BCUT2D eigenvalue weighted by atomic mass is 9.87. The molecule has 2 aromatic rings. The van der Waals surface area contributed by atoms with E-state index in [1.165, 1.54) is 19.3 Å². The third-order valence-corrected chi connectivity index (χ3v) is 5.83. The zero-order valence-corrected chi connectivity index (χ0v) is 12.5. The predicted octanol–water partition coefficient (Wildman–Crippen LogP) is 3.49. The molecule has 20 heavy (non-hydrogen) atoms. The minimum Gasteiger partial charge on any atom is -0.430 e. The van der Waals surface area contributed by atoms with Crippen molar-refractivity contribution < 1.29 is 8.63 Å². The van der Waals surface area contributed by atoms with Gasteiger partial charge in [-0.1, -0.05) is 13.3 Å². The average molecular weight is 292 g/mol. The first-order chi connectivity index (χ1) is 9.67. The van der Waals surface area contributed by atoms with Gasteiger partial charge in [-0.3, -0.25) is 0 Å². The number of nitrogens with zero attached hydrogens (tertiary/aromatic N) is 1. The molecule has 1 unspecified atom stereocenters. The van der Waals surface area contributed by atoms with Crippen LogP contribution in [0.4, 0.5) is 5.69 Å². The van der Waals surface area contributed by atoms with Crippen LogP contribution in [0.5, 0.6) is 0 Å². The van der Waals surface area contributed by atoms with Crippen LogP contribution in [-0.2, 0) is 10.8 Å². The zero-order chi connectivity index (χ0) is 14.1. The maximum absolute atomic E-state index is 12.6. The summed E-state index contributed by atoms with van der Waals surface area (Å²) in [5, 5.41) is 0.536. The Morgan fingerprint density at radius 1 is 1.35 bits per heavy atom. The molecule has 1 aromatic heterocycles. The fourth-order valence-corrected chi connectivity index (χ4v) is 4.25. The summed E-state index contributed by atoms with van der Waals surface area (Å²) in [5.74, 6) is 0.798. The van der Waals surface area contributed by atoms with Crippen molar-refractivity contribution >= 4 is 27.6 Å². The highest BCUT2D eigenvalue weighted by Gasteiger charge is 2.28. The Morgan fingerprint density at radius 3 is 2.80 bits per heavy atom. The van der Waals surface area contributed by atoms with Crippen LogP contribution in [0, 0.1) is 5.92 Å². The highest BCUT2D eigenvalue weighted by molar-refractivity contribution is 7.85. The van der Waals surface area contributed by atoms with E-state index in [9.17, 15) is 4.21 Å². The highest BCUT2D eigenvalue weighted by Crippen LogP contribution is 2.32. The summed E-state index contributed by atoms with van der Waals surface area (Å²) in [5.41, 5.74) is 7.72. The van der Waals surface area contributed by atoms with E-state index >= 15 is 0 Å². The molecule has 3 rings (SSSR count). The number of hydrogen-bond donors (Lipinski definition) is 1. The van der Waals surface area contributed by atoms with Crippen molar-refractivity contribution in [3.05, 3.63) is 18.2 Å². The highest BCUT2D eigenvalue weighted by atomic mass is 32.2. The van der Waals surface area contributed by atoms with E-state index in [0.717, 1.165) is 18.8 Å². The Bertz CT molecular complexity index is 630. The van der Waals surface area contributed by atoms with Crippen LogP contribution in [-0.4, -0.2) is 14.4 Å². The lowest BCUT2D eigenvalue weighted by Crippen LogP contribution is -2.23. The molecule has 0 saturated heterocycles. The maximum Gasteiger partial charge on any atom is 0.288 e. The van der Waals surface area contributed by atoms with Crippen LogP contribution in [0.1, 0.15) is 39.0 Å². The van der Waals surface area contributed by atoms with Crippen LogP contribution in [0.25, 0.3) is 11.1 Å². The molecule has 0 bridgehead atoms. The van der Waals surface area contributed by atoms with E-state index in [1.54, 1.807) is 18.2 Å². The van der Waals surface area contributed by atoms with E-state index in [-0.39, 0.29) is 5.25 Å². The number of anilines is 1. The minimum absolute atomic E-state index is 0.184. The fraction of sp³-hybridized carbons (Fsp3) is 0.533. The zero-order valence-electron chi connectivity index (χ0n) is 11.7. The van der Waals surface area contributed by atoms with Crippen LogP contribution >= 0.6 is 0 Å². The molecule has 1 atom stereocenters. The van der Waals surface area contributed by atoms with Crippen molar-refractivity contribution in [2.24, 2.45) is 5.92 Å². The summed E-state index contributed by atoms with van der Waals surface area (Å²) in [6, 6.07) is 5.31. The topological polar surface area (TPSA) is 69.1 Å². The van der Waals surface area contributed by atoms with Crippen LogP contribution in [0.2, 0.25) is 0 Å². The Morgan fingerprint density at radius 2 is 2.10 bits per heavy atom. The number of oxazole rings is 1. The van der Waals surface area contributed by atoms with E-state index in [0.29, 0.717) is 22.0 Å². The van der Waals surface area contributed by atoms with Gasteiger partial charge in [0, 0.05) is 10.9 Å². The van der Waals surface area contributed by atoms with Gasteiger partial charge in [-0.2, -0.15) is 0 Å². The number of rotatable bonds is 3. The second-order valence-corrected chi connectivity index (χ2v) is 7.17. The maximum atomic E-state index is 12.6. The first-order valence-corrected chi connectivity index (χ1v) is 8.45. The molecule has 1 saturated carbocycles. The summed E-state index contributed by atoms with van der Waals surface area (Å²) in [6.45, 7) is 2.23. The third-order valence-electron chi connectivity index (χ3n) is 4.24. The standard InChI is InChI=1S/C15H20N2O2S/c1-2-10-3-6-12(7-4-10)20(18)15-17-13-9-11(16)5-8-14(13)19-15/h5,8-10,12H,2-4,6-7,16H2,1H3. The van der Waals surface area contributed by atoms with Crippen molar-refractivity contribution in [1.82, 2.24) is 4.98 Å². The fourth-order valence-electron chi connectivity index (χ4n) is 2.91. The summed E-state index contributed by atoms with van der Waals surface area (Å²) >= 11 is 0. The molecule has 108 valence electrons. The Balaban J connectivity index is 1.79. The lowest BCUT2D eigenvalue weighted by molar-refractivity contribution is 0.350. The molecule has 0 radical (unpaired) electrons. The number of benzene rings is 1. The quantitative estimate of drug-likeness (QED) is 0.879. The number of fused-ring (bicyclic) bond motifs is 1. The Hall–Kier alpha value is -1.36. The first-order valence-electron chi connectivity index (χ1n) is 7.24. The molecule has 0 spiro atoms. The van der Waals surface area contributed by atoms with Crippen molar-refractivity contribution in [3.63, 3.8) is 0 Å². The van der Waals surface area contributed by atoms with Gasteiger partial charge < -0.3 is 10.2 Å². The average Bonchev–Trinajstić information content (AvgIpc) is 2.89. The number of aromatic nitrogens is 1. The first kappa shape index (κ1) is 13.6. The van der Waals surface area contributed by atoms with Gasteiger partial charge in [0.1, 0.15) is 16.3 Å². The second kappa shape index (κ2) is 5.56. The summed E-state index contributed by atoms with van der Waals surface area (Å²) in [7, 11) is -1.14. The molecule has 0 aliphatic heterocycles. The molecule has 4 nitrogen and oxygen atoms in total. The molecule has 1 aliphatic carbocycles. The van der Waals surface area contributed by atoms with Crippen molar-refractivity contribution in [3.8, 4) is 0 Å². The SMILES string of the molecule is CCC1CCC(S(=O)c2nc3cc(N)ccc3o2)CC1. The monoisotopic (exact) mass is 292 g/mol. The summed E-state index contributed by atoms with van der Waals surface area (Å²) < 4.78 is 18.2. The van der Waals surface area contributed by atoms with Crippen LogP contribution in [0.3, 0.4) is 0 Å². The molecule has 1 aromatic carbocycles. The van der Waals surface area contributed by atoms with Gasteiger partial charge in [-0.15, -0.1) is 0 Å². The molecule has 0 amide bonds. The van der Waals surface area contributed by atoms with Gasteiger partial charge in [0.15, 0.2) is 5.58 Å². The Kier molecular flexibility index (Phi) is 3.78. The third kappa shape index (κ3) is 2.59. The molecular weight excluding hydrogens is 272 g/mol. The van der Waals surface area contributed by atoms with Gasteiger partial charge in [0.25, 0.3) is 5.22 Å². The van der Waals surface area contributed by atoms with Gasteiger partial charge >= 0.3 is 0 Å². The van der Waals surface area contributed by atoms with Crippen LogP contribution in [0.15, 0.2) is 27.8 Å². The lowest BCUT2D eigenvalue weighted by Gasteiger charge is -2.26. The predicted molar refractivity (Wildman–Crippen MR) is 80.9 cm³/mol. The molecular formula is C15H20N2O2S.